The maximum atomic E-state index is 12.0. The lowest BCUT2D eigenvalue weighted by Gasteiger charge is -2.03. The van der Waals surface area contributed by atoms with Gasteiger partial charge in [-0.15, -0.1) is 0 Å². The highest BCUT2D eigenvalue weighted by Gasteiger charge is 2.34. The van der Waals surface area contributed by atoms with Gasteiger partial charge in [0.05, 0.1) is 11.2 Å². The predicted molar refractivity (Wildman–Crippen MR) is 53.3 cm³/mol. The predicted octanol–water partition coefficient (Wildman–Crippen LogP) is 4.22. The van der Waals surface area contributed by atoms with Gasteiger partial charge < -0.3 is 0 Å². The van der Waals surface area contributed by atoms with Gasteiger partial charge in [-0.1, -0.05) is 34.8 Å². The Kier molecular flexibility index (Phi) is 3.81. The summed E-state index contributed by atoms with van der Waals surface area (Å²) in [5.74, 6) is 0. The van der Waals surface area contributed by atoms with Crippen LogP contribution >= 0.6 is 34.8 Å². The van der Waals surface area contributed by atoms with Crippen molar-refractivity contribution in [2.45, 2.75) is 6.18 Å². The lowest BCUT2D eigenvalue weighted by molar-refractivity contribution is -0.0558. The van der Waals surface area contributed by atoms with Gasteiger partial charge in [0.2, 0.25) is 5.17 Å². The molecule has 0 saturated carbocycles. The van der Waals surface area contributed by atoms with Gasteiger partial charge in [0.15, 0.2) is 0 Å². The van der Waals surface area contributed by atoms with Crippen LogP contribution in [-0.2, 0) is 0 Å². The maximum absolute atomic E-state index is 12.0. The topological polar surface area (TPSA) is 25.2 Å². The Hall–Kier alpha value is -0.520. The summed E-state index contributed by atoms with van der Waals surface area (Å²) in [4.78, 5) is 6.60. The Morgan fingerprint density at radius 3 is 2.40 bits per heavy atom. The number of hydrogen-bond donors (Lipinski definition) is 0. The maximum Gasteiger partial charge on any atom is 0.444 e. The summed E-state index contributed by atoms with van der Waals surface area (Å²) in [7, 11) is 0. The minimum atomic E-state index is -4.70. The van der Waals surface area contributed by atoms with Crippen LogP contribution in [0, 0.1) is 0 Å². The largest absolute Gasteiger partial charge is 0.444 e. The van der Waals surface area contributed by atoms with Crippen molar-refractivity contribution in [1.82, 2.24) is 4.98 Å². The fourth-order valence-electron chi connectivity index (χ4n) is 0.652. The van der Waals surface area contributed by atoms with Crippen LogP contribution in [0.2, 0.25) is 10.2 Å². The molecule has 0 saturated heterocycles. The first-order chi connectivity index (χ1) is 6.80. The van der Waals surface area contributed by atoms with Crippen LogP contribution in [0.1, 0.15) is 0 Å². The summed E-state index contributed by atoms with van der Waals surface area (Å²) >= 11 is 15.9. The van der Waals surface area contributed by atoms with Crippen LogP contribution < -0.4 is 0 Å². The van der Waals surface area contributed by atoms with E-state index in [1.165, 1.54) is 6.07 Å². The Labute approximate surface area is 97.7 Å². The normalized spacial score (nSPS) is 13.1. The number of alkyl halides is 3. The lowest BCUT2D eigenvalue weighted by atomic mass is 10.4. The van der Waals surface area contributed by atoms with Crippen LogP contribution in [0.5, 0.6) is 0 Å². The number of aliphatic imine (C=N–C) groups is 1. The van der Waals surface area contributed by atoms with E-state index in [1.807, 2.05) is 0 Å². The molecule has 2 nitrogen and oxygen atoms in total. The van der Waals surface area contributed by atoms with E-state index in [2.05, 4.69) is 9.98 Å². The molecule has 0 aromatic carbocycles. The van der Waals surface area contributed by atoms with Gasteiger partial charge in [0.1, 0.15) is 10.8 Å². The molecule has 0 aliphatic carbocycles. The smallest absolute Gasteiger partial charge is 0.242 e. The van der Waals surface area contributed by atoms with Gasteiger partial charge in [0.25, 0.3) is 0 Å². The zero-order valence-electron chi connectivity index (χ0n) is 6.82. The van der Waals surface area contributed by atoms with E-state index in [9.17, 15) is 13.2 Å². The molecule has 0 fully saturated rings. The van der Waals surface area contributed by atoms with Crippen molar-refractivity contribution in [2.75, 3.05) is 0 Å². The summed E-state index contributed by atoms with van der Waals surface area (Å²) in [5, 5.41) is -1.52. The van der Waals surface area contributed by atoms with Gasteiger partial charge in [-0.3, -0.25) is 0 Å². The minimum Gasteiger partial charge on any atom is -0.242 e. The Bertz CT molecular complexity index is 403. The summed E-state index contributed by atoms with van der Waals surface area (Å²) in [6.45, 7) is 0. The van der Waals surface area contributed by atoms with Crippen LogP contribution in [-0.4, -0.2) is 16.3 Å². The molecule has 1 rings (SSSR count). The highest BCUT2D eigenvalue weighted by atomic mass is 35.5. The van der Waals surface area contributed by atoms with Crippen LogP contribution in [0.15, 0.2) is 17.3 Å². The van der Waals surface area contributed by atoms with Crippen LogP contribution in [0.3, 0.4) is 0 Å². The second-order valence-corrected chi connectivity index (χ2v) is 3.51. The Morgan fingerprint density at radius 2 is 1.93 bits per heavy atom. The first kappa shape index (κ1) is 12.5. The SMILES string of the molecule is FC(F)(F)C(Cl)=Nc1cnc(Cl)cc1Cl. The quantitative estimate of drug-likeness (QED) is 0.557. The summed E-state index contributed by atoms with van der Waals surface area (Å²) < 4.78 is 36.0. The molecule has 1 aromatic rings. The third kappa shape index (κ3) is 3.52. The fourth-order valence-corrected chi connectivity index (χ4v) is 1.15. The number of aromatic nitrogens is 1. The van der Waals surface area contributed by atoms with E-state index in [0.29, 0.717) is 0 Å². The molecule has 0 aliphatic rings. The molecule has 0 bridgehead atoms. The van der Waals surface area contributed by atoms with Crippen molar-refractivity contribution in [3.8, 4) is 0 Å². The first-order valence-corrected chi connectivity index (χ1v) is 4.56. The molecule has 1 heterocycles. The van der Waals surface area contributed by atoms with Gasteiger partial charge in [-0.2, -0.15) is 13.2 Å². The molecule has 0 amide bonds. The van der Waals surface area contributed by atoms with Gasteiger partial charge in [0, 0.05) is 0 Å². The summed E-state index contributed by atoms with van der Waals surface area (Å²) in [5.41, 5.74) is -0.191. The molecule has 0 spiro atoms. The molecule has 8 heteroatoms. The number of pyridine rings is 1. The van der Waals surface area contributed by atoms with Gasteiger partial charge in [-0.05, 0) is 6.07 Å². The molecule has 1 aromatic heterocycles. The lowest BCUT2D eigenvalue weighted by Crippen LogP contribution is -2.16. The number of halogens is 6. The highest BCUT2D eigenvalue weighted by molar-refractivity contribution is 6.67. The van der Waals surface area contributed by atoms with E-state index < -0.39 is 11.3 Å². The average Bonchev–Trinajstić information content (AvgIpc) is 2.08. The third-order valence-corrected chi connectivity index (χ3v) is 2.06. The van der Waals surface area contributed by atoms with Crippen molar-refractivity contribution in [3.63, 3.8) is 0 Å². The van der Waals surface area contributed by atoms with E-state index in [-0.39, 0.29) is 15.9 Å². The van der Waals surface area contributed by atoms with Crippen molar-refractivity contribution in [1.29, 1.82) is 0 Å². The Balaban J connectivity index is 3.09. The van der Waals surface area contributed by atoms with Crippen molar-refractivity contribution in [3.05, 3.63) is 22.4 Å². The van der Waals surface area contributed by atoms with Crippen molar-refractivity contribution >= 4 is 45.7 Å². The second-order valence-electron chi connectivity index (χ2n) is 2.36. The molecule has 0 N–H and O–H groups in total. The standard InChI is InChI=1S/C7H2Cl3F3N2/c8-3-1-5(9)14-2-4(3)15-6(10)7(11,12)13/h1-2H. The van der Waals surface area contributed by atoms with E-state index in [4.69, 9.17) is 34.8 Å². The van der Waals surface area contributed by atoms with E-state index >= 15 is 0 Å². The third-order valence-electron chi connectivity index (χ3n) is 1.25. The summed E-state index contributed by atoms with van der Waals surface area (Å²) in [6, 6.07) is 1.17. The molecule has 0 aliphatic heterocycles. The van der Waals surface area contributed by atoms with Gasteiger partial charge >= 0.3 is 6.18 Å². The van der Waals surface area contributed by atoms with Crippen molar-refractivity contribution < 1.29 is 13.2 Å². The van der Waals surface area contributed by atoms with Gasteiger partial charge in [-0.25, -0.2) is 9.98 Å². The molecule has 0 radical (unpaired) electrons. The molecule has 82 valence electrons. The molecule has 0 atom stereocenters. The Morgan fingerprint density at radius 1 is 1.33 bits per heavy atom. The number of rotatable bonds is 1. The second kappa shape index (κ2) is 4.55. The zero-order valence-corrected chi connectivity index (χ0v) is 9.08. The van der Waals surface area contributed by atoms with E-state index in [0.717, 1.165) is 6.20 Å². The number of hydrogen-bond acceptors (Lipinski definition) is 2. The van der Waals surface area contributed by atoms with Crippen LogP contribution in [0.4, 0.5) is 18.9 Å². The average molecular weight is 277 g/mol. The molecule has 15 heavy (non-hydrogen) atoms. The number of nitrogens with zero attached hydrogens (tertiary/aromatic N) is 2. The highest BCUT2D eigenvalue weighted by Crippen LogP contribution is 2.29. The summed E-state index contributed by atoms with van der Waals surface area (Å²) in [6.07, 6.45) is -3.71. The first-order valence-electron chi connectivity index (χ1n) is 3.43. The van der Waals surface area contributed by atoms with Crippen molar-refractivity contribution in [2.24, 2.45) is 4.99 Å². The fraction of sp³-hybridized carbons (Fsp3) is 0.143. The minimum absolute atomic E-state index is 0.0575. The zero-order chi connectivity index (χ0) is 11.6. The molecular formula is C7H2Cl3F3N2. The monoisotopic (exact) mass is 276 g/mol. The molecular weight excluding hydrogens is 275 g/mol. The van der Waals surface area contributed by atoms with Crippen LogP contribution in [0.25, 0.3) is 0 Å². The molecule has 0 unspecified atom stereocenters. The van der Waals surface area contributed by atoms with E-state index in [1.54, 1.807) is 0 Å².